The summed E-state index contributed by atoms with van der Waals surface area (Å²) in [6.07, 6.45) is 2.64. The summed E-state index contributed by atoms with van der Waals surface area (Å²) in [5, 5.41) is 8.88. The van der Waals surface area contributed by atoms with E-state index in [0.717, 1.165) is 24.6 Å². The normalized spacial score (nSPS) is 21.5. The summed E-state index contributed by atoms with van der Waals surface area (Å²) in [5.41, 5.74) is 0. The lowest BCUT2D eigenvalue weighted by Gasteiger charge is -2.27. The predicted molar refractivity (Wildman–Crippen MR) is 71.5 cm³/mol. The molecule has 1 aromatic heterocycles. The summed E-state index contributed by atoms with van der Waals surface area (Å²) in [5.74, 6) is 0. The third kappa shape index (κ3) is 3.61. The summed E-state index contributed by atoms with van der Waals surface area (Å²) >= 11 is 7.25. The molecule has 1 aliphatic rings. The van der Waals surface area contributed by atoms with E-state index in [2.05, 4.69) is 34.0 Å². The Kier molecular flexibility index (Phi) is 4.73. The van der Waals surface area contributed by atoms with Crippen molar-refractivity contribution in [3.8, 4) is 0 Å². The van der Waals surface area contributed by atoms with Crippen LogP contribution >= 0.6 is 22.9 Å². The molecule has 4 nitrogen and oxygen atoms in total. The van der Waals surface area contributed by atoms with Crippen LogP contribution in [0, 0.1) is 0 Å². The van der Waals surface area contributed by atoms with Crippen molar-refractivity contribution in [3.63, 3.8) is 0 Å². The molecule has 0 aromatic carbocycles. The number of rotatable bonds is 5. The Hall–Kier alpha value is -0.230. The SMILES string of the molecule is CCN1CCCC1CN(C)Cc1nnc(Cl)s1. The highest BCUT2D eigenvalue weighted by molar-refractivity contribution is 7.15. The Morgan fingerprint density at radius 3 is 3.00 bits per heavy atom. The molecule has 0 saturated carbocycles. The van der Waals surface area contributed by atoms with Gasteiger partial charge < -0.3 is 0 Å². The van der Waals surface area contributed by atoms with Crippen LogP contribution in [0.15, 0.2) is 0 Å². The molecule has 1 atom stereocenters. The average molecular weight is 275 g/mol. The van der Waals surface area contributed by atoms with Gasteiger partial charge in [-0.25, -0.2) is 0 Å². The van der Waals surface area contributed by atoms with Gasteiger partial charge in [0.2, 0.25) is 4.47 Å². The van der Waals surface area contributed by atoms with Crippen LogP contribution in [0.5, 0.6) is 0 Å². The van der Waals surface area contributed by atoms with Crippen molar-refractivity contribution >= 4 is 22.9 Å². The van der Waals surface area contributed by atoms with Crippen LogP contribution in [0.1, 0.15) is 24.8 Å². The predicted octanol–water partition coefficient (Wildman–Crippen LogP) is 2.11. The molecule has 1 fully saturated rings. The van der Waals surface area contributed by atoms with Gasteiger partial charge in [-0.2, -0.15) is 0 Å². The van der Waals surface area contributed by atoms with Crippen molar-refractivity contribution in [2.24, 2.45) is 0 Å². The van der Waals surface area contributed by atoms with E-state index >= 15 is 0 Å². The molecule has 0 spiro atoms. The van der Waals surface area contributed by atoms with Gasteiger partial charge >= 0.3 is 0 Å². The van der Waals surface area contributed by atoms with E-state index in [4.69, 9.17) is 11.6 Å². The van der Waals surface area contributed by atoms with Crippen molar-refractivity contribution in [2.75, 3.05) is 26.7 Å². The standard InChI is InChI=1S/C11H19ClN4S/c1-3-16-6-4-5-9(16)7-15(2)8-10-13-14-11(12)17-10/h9H,3-8H2,1-2H3. The van der Waals surface area contributed by atoms with E-state index in [9.17, 15) is 0 Å². The van der Waals surface area contributed by atoms with Gasteiger partial charge in [-0.15, -0.1) is 10.2 Å². The lowest BCUT2D eigenvalue weighted by molar-refractivity contribution is 0.194. The minimum Gasteiger partial charge on any atom is -0.299 e. The summed E-state index contributed by atoms with van der Waals surface area (Å²) in [6.45, 7) is 6.59. The zero-order valence-electron chi connectivity index (χ0n) is 10.4. The first-order valence-corrected chi connectivity index (χ1v) is 7.29. The molecule has 1 unspecified atom stereocenters. The summed E-state index contributed by atoms with van der Waals surface area (Å²) in [7, 11) is 2.14. The molecule has 0 amide bonds. The van der Waals surface area contributed by atoms with Crippen LogP contribution in [0.4, 0.5) is 0 Å². The van der Waals surface area contributed by atoms with E-state index in [-0.39, 0.29) is 0 Å². The molecule has 2 rings (SSSR count). The average Bonchev–Trinajstić information content (AvgIpc) is 2.87. The Balaban J connectivity index is 1.82. The zero-order valence-corrected chi connectivity index (χ0v) is 12.0. The number of nitrogens with zero attached hydrogens (tertiary/aromatic N) is 4. The van der Waals surface area contributed by atoms with E-state index < -0.39 is 0 Å². The van der Waals surface area contributed by atoms with Crippen molar-refractivity contribution in [3.05, 3.63) is 9.47 Å². The molecule has 96 valence electrons. The smallest absolute Gasteiger partial charge is 0.207 e. The molecular weight excluding hydrogens is 256 g/mol. The number of likely N-dealkylation sites (N-methyl/N-ethyl adjacent to an activating group) is 2. The lowest BCUT2D eigenvalue weighted by Crippen LogP contribution is -2.38. The molecule has 1 saturated heterocycles. The second-order valence-corrected chi connectivity index (χ2v) is 6.21. The molecule has 0 radical (unpaired) electrons. The molecular formula is C11H19ClN4S. The van der Waals surface area contributed by atoms with Crippen LogP contribution in [-0.2, 0) is 6.54 Å². The molecule has 1 aromatic rings. The van der Waals surface area contributed by atoms with Crippen LogP contribution < -0.4 is 0 Å². The highest BCUT2D eigenvalue weighted by Gasteiger charge is 2.24. The lowest BCUT2D eigenvalue weighted by atomic mass is 10.2. The largest absolute Gasteiger partial charge is 0.299 e. The monoisotopic (exact) mass is 274 g/mol. The Morgan fingerprint density at radius 2 is 2.35 bits per heavy atom. The van der Waals surface area contributed by atoms with E-state index in [1.54, 1.807) is 0 Å². The minimum absolute atomic E-state index is 0.532. The fourth-order valence-electron chi connectivity index (χ4n) is 2.47. The molecule has 17 heavy (non-hydrogen) atoms. The topological polar surface area (TPSA) is 32.3 Å². The second kappa shape index (κ2) is 6.09. The zero-order chi connectivity index (χ0) is 12.3. The quantitative estimate of drug-likeness (QED) is 0.823. The van der Waals surface area contributed by atoms with Crippen LogP contribution in [0.25, 0.3) is 0 Å². The first kappa shape index (κ1) is 13.2. The van der Waals surface area contributed by atoms with Crippen molar-refractivity contribution in [1.29, 1.82) is 0 Å². The van der Waals surface area contributed by atoms with Crippen molar-refractivity contribution in [2.45, 2.75) is 32.4 Å². The molecule has 0 bridgehead atoms. The van der Waals surface area contributed by atoms with Gasteiger partial charge in [0.05, 0.1) is 6.54 Å². The van der Waals surface area contributed by atoms with Gasteiger partial charge in [-0.1, -0.05) is 18.3 Å². The fraction of sp³-hybridized carbons (Fsp3) is 0.818. The van der Waals surface area contributed by atoms with Gasteiger partial charge in [0.25, 0.3) is 0 Å². The first-order chi connectivity index (χ1) is 8.19. The van der Waals surface area contributed by atoms with Gasteiger partial charge in [0.1, 0.15) is 5.01 Å². The van der Waals surface area contributed by atoms with Crippen LogP contribution in [-0.4, -0.2) is 52.7 Å². The summed E-state index contributed by atoms with van der Waals surface area (Å²) < 4.78 is 0.532. The Bertz CT molecular complexity index is 357. The fourth-order valence-corrected chi connectivity index (χ4v) is 3.42. The molecule has 1 aliphatic heterocycles. The van der Waals surface area contributed by atoms with Crippen LogP contribution in [0.2, 0.25) is 4.47 Å². The maximum absolute atomic E-state index is 5.78. The highest BCUT2D eigenvalue weighted by atomic mass is 35.5. The minimum atomic E-state index is 0.532. The van der Waals surface area contributed by atoms with Gasteiger partial charge in [0.15, 0.2) is 0 Å². The van der Waals surface area contributed by atoms with Gasteiger partial charge in [-0.05, 0) is 44.6 Å². The number of halogens is 1. The van der Waals surface area contributed by atoms with E-state index in [1.807, 2.05) is 0 Å². The summed E-state index contributed by atoms with van der Waals surface area (Å²) in [6, 6.07) is 0.702. The van der Waals surface area contributed by atoms with Crippen molar-refractivity contribution < 1.29 is 0 Å². The molecule has 6 heteroatoms. The molecule has 0 N–H and O–H groups in total. The number of hydrogen-bond donors (Lipinski definition) is 0. The maximum Gasteiger partial charge on any atom is 0.207 e. The second-order valence-electron chi connectivity index (χ2n) is 4.57. The van der Waals surface area contributed by atoms with Crippen LogP contribution in [0.3, 0.4) is 0 Å². The number of likely N-dealkylation sites (tertiary alicyclic amines) is 1. The third-order valence-corrected chi connectivity index (χ3v) is 4.28. The van der Waals surface area contributed by atoms with E-state index in [0.29, 0.717) is 10.5 Å². The number of hydrogen-bond acceptors (Lipinski definition) is 5. The molecule has 0 aliphatic carbocycles. The maximum atomic E-state index is 5.78. The molecule has 2 heterocycles. The summed E-state index contributed by atoms with van der Waals surface area (Å²) in [4.78, 5) is 4.87. The van der Waals surface area contributed by atoms with Gasteiger partial charge in [0, 0.05) is 12.6 Å². The Labute approximate surface area is 112 Å². The first-order valence-electron chi connectivity index (χ1n) is 6.09. The number of aromatic nitrogens is 2. The van der Waals surface area contributed by atoms with Crippen molar-refractivity contribution in [1.82, 2.24) is 20.0 Å². The highest BCUT2D eigenvalue weighted by Crippen LogP contribution is 2.19. The third-order valence-electron chi connectivity index (χ3n) is 3.28. The Morgan fingerprint density at radius 1 is 1.53 bits per heavy atom. The van der Waals surface area contributed by atoms with Gasteiger partial charge in [-0.3, -0.25) is 9.80 Å². The van der Waals surface area contributed by atoms with E-state index in [1.165, 1.54) is 30.7 Å².